The number of esters is 1. The van der Waals surface area contributed by atoms with Gasteiger partial charge in [-0.3, -0.25) is 4.79 Å². The fraction of sp³-hybridized carbons (Fsp3) is 0.600. The summed E-state index contributed by atoms with van der Waals surface area (Å²) in [6.45, 7) is 9.41. The molecule has 0 spiro atoms. The molecule has 1 rings (SSSR count). The number of hydrogen-bond acceptors (Lipinski definition) is 5. The maximum Gasteiger partial charge on any atom is 0.341 e. The zero-order valence-electron chi connectivity index (χ0n) is 13.5. The Kier molecular flexibility index (Phi) is 5.92. The largest absolute Gasteiger partial charge is 0.462 e. The van der Waals surface area contributed by atoms with Crippen molar-refractivity contribution in [2.75, 3.05) is 19.0 Å². The summed E-state index contributed by atoms with van der Waals surface area (Å²) >= 11 is 1.37. The van der Waals surface area contributed by atoms with Gasteiger partial charge in [0.25, 0.3) is 5.91 Å². The number of amides is 1. The molecule has 0 aromatic carbocycles. The predicted molar refractivity (Wildman–Crippen MR) is 84.1 cm³/mol. The molecular formula is C15H23NO4S. The monoisotopic (exact) mass is 313 g/mol. The van der Waals surface area contributed by atoms with Crippen molar-refractivity contribution < 1.29 is 19.1 Å². The van der Waals surface area contributed by atoms with Gasteiger partial charge in [0.15, 0.2) is 0 Å². The minimum Gasteiger partial charge on any atom is -0.462 e. The highest BCUT2D eigenvalue weighted by atomic mass is 32.1. The van der Waals surface area contributed by atoms with Crippen molar-refractivity contribution in [3.05, 3.63) is 16.0 Å². The summed E-state index contributed by atoms with van der Waals surface area (Å²) in [6, 6.07) is 0. The molecule has 6 heteroatoms. The molecule has 0 aliphatic heterocycles. The zero-order chi connectivity index (χ0) is 16.2. The number of anilines is 1. The molecule has 0 aliphatic carbocycles. The first kappa shape index (κ1) is 17.7. The molecule has 21 heavy (non-hydrogen) atoms. The van der Waals surface area contributed by atoms with E-state index in [0.717, 1.165) is 10.4 Å². The lowest BCUT2D eigenvalue weighted by molar-refractivity contribution is -0.136. The Morgan fingerprint density at radius 1 is 1.29 bits per heavy atom. The third-order valence-corrected chi connectivity index (χ3v) is 4.82. The van der Waals surface area contributed by atoms with Gasteiger partial charge in [-0.1, -0.05) is 6.92 Å². The normalized spacial score (nSPS) is 13.6. The highest BCUT2D eigenvalue weighted by Crippen LogP contribution is 2.34. The average Bonchev–Trinajstić information content (AvgIpc) is 2.73. The molecule has 118 valence electrons. The molecule has 1 aromatic heterocycles. The van der Waals surface area contributed by atoms with Crippen molar-refractivity contribution in [2.45, 2.75) is 46.6 Å². The Hall–Kier alpha value is -1.40. The van der Waals surface area contributed by atoms with E-state index < -0.39 is 11.6 Å². The van der Waals surface area contributed by atoms with E-state index in [9.17, 15) is 9.59 Å². The first-order valence-corrected chi connectivity index (χ1v) is 7.76. The van der Waals surface area contributed by atoms with Gasteiger partial charge >= 0.3 is 5.97 Å². The highest BCUT2D eigenvalue weighted by Gasteiger charge is 2.33. The fourth-order valence-corrected chi connectivity index (χ4v) is 2.84. The van der Waals surface area contributed by atoms with Crippen LogP contribution in [0.4, 0.5) is 5.00 Å². The van der Waals surface area contributed by atoms with Crippen molar-refractivity contribution in [3.63, 3.8) is 0 Å². The van der Waals surface area contributed by atoms with E-state index in [1.165, 1.54) is 18.4 Å². The van der Waals surface area contributed by atoms with Crippen molar-refractivity contribution in [2.24, 2.45) is 0 Å². The lowest BCUT2D eigenvalue weighted by Gasteiger charge is -2.25. The van der Waals surface area contributed by atoms with Gasteiger partial charge in [0.05, 0.1) is 12.2 Å². The average molecular weight is 313 g/mol. The number of aryl methyl sites for hydroxylation is 1. The van der Waals surface area contributed by atoms with Crippen LogP contribution in [0, 0.1) is 13.8 Å². The number of thiophene rings is 1. The molecule has 0 saturated heterocycles. The molecule has 1 amide bonds. The lowest BCUT2D eigenvalue weighted by atomic mass is 10.0. The zero-order valence-corrected chi connectivity index (χ0v) is 14.3. The molecule has 0 radical (unpaired) electrons. The van der Waals surface area contributed by atoms with E-state index in [0.29, 0.717) is 23.6 Å². The Labute approximate surface area is 129 Å². The van der Waals surface area contributed by atoms with Crippen LogP contribution < -0.4 is 5.32 Å². The first-order chi connectivity index (χ1) is 9.80. The Morgan fingerprint density at radius 3 is 2.38 bits per heavy atom. The van der Waals surface area contributed by atoms with Gasteiger partial charge in [0.1, 0.15) is 10.6 Å². The molecule has 1 unspecified atom stereocenters. The van der Waals surface area contributed by atoms with Gasteiger partial charge in [0.2, 0.25) is 0 Å². The van der Waals surface area contributed by atoms with Crippen molar-refractivity contribution >= 4 is 28.2 Å². The van der Waals surface area contributed by atoms with Crippen molar-refractivity contribution in [1.29, 1.82) is 0 Å². The maximum absolute atomic E-state index is 12.4. The highest BCUT2D eigenvalue weighted by molar-refractivity contribution is 7.16. The second kappa shape index (κ2) is 7.04. The molecule has 0 saturated carbocycles. The van der Waals surface area contributed by atoms with Gasteiger partial charge in [0, 0.05) is 12.0 Å². The Balaban J connectivity index is 3.12. The quantitative estimate of drug-likeness (QED) is 0.818. The molecule has 1 atom stereocenters. The molecule has 1 N–H and O–H groups in total. The van der Waals surface area contributed by atoms with Crippen LogP contribution in [0.25, 0.3) is 0 Å². The summed E-state index contributed by atoms with van der Waals surface area (Å²) in [6.07, 6.45) is 0.535. The van der Waals surface area contributed by atoms with E-state index in [1.807, 2.05) is 20.8 Å². The minimum atomic E-state index is -0.919. The number of hydrogen-bond donors (Lipinski definition) is 1. The number of nitrogens with one attached hydrogen (secondary N) is 1. The van der Waals surface area contributed by atoms with Crippen LogP contribution in [0.1, 0.15) is 48.0 Å². The van der Waals surface area contributed by atoms with E-state index in [2.05, 4.69) is 5.32 Å². The molecule has 1 aromatic rings. The number of methoxy groups -OCH3 is 1. The summed E-state index contributed by atoms with van der Waals surface area (Å²) in [5.74, 6) is -0.676. The van der Waals surface area contributed by atoms with E-state index in [-0.39, 0.29) is 5.91 Å². The third-order valence-electron chi connectivity index (χ3n) is 3.70. The van der Waals surface area contributed by atoms with E-state index in [1.54, 1.807) is 13.8 Å². The topological polar surface area (TPSA) is 64.6 Å². The van der Waals surface area contributed by atoms with Crippen LogP contribution in [0.15, 0.2) is 0 Å². The van der Waals surface area contributed by atoms with Gasteiger partial charge in [-0.2, -0.15) is 0 Å². The van der Waals surface area contributed by atoms with Crippen LogP contribution in [-0.2, 0) is 14.3 Å². The smallest absolute Gasteiger partial charge is 0.341 e. The Bertz CT molecular complexity index is 532. The molecule has 0 bridgehead atoms. The van der Waals surface area contributed by atoms with Crippen LogP contribution >= 0.6 is 11.3 Å². The predicted octanol–water partition coefficient (Wildman–Crippen LogP) is 3.30. The molecule has 1 heterocycles. The van der Waals surface area contributed by atoms with Crippen LogP contribution in [0.3, 0.4) is 0 Å². The van der Waals surface area contributed by atoms with Crippen molar-refractivity contribution in [3.8, 4) is 0 Å². The summed E-state index contributed by atoms with van der Waals surface area (Å²) in [7, 11) is 1.50. The van der Waals surface area contributed by atoms with E-state index in [4.69, 9.17) is 9.47 Å². The fourth-order valence-electron chi connectivity index (χ4n) is 1.80. The molecule has 0 aliphatic rings. The SMILES string of the molecule is CCOC(=O)c1c(NC(=O)C(C)(CC)OC)sc(C)c1C. The Morgan fingerprint density at radius 2 is 1.90 bits per heavy atom. The van der Waals surface area contributed by atoms with E-state index >= 15 is 0 Å². The number of carbonyl (C=O) groups is 2. The number of carbonyl (C=O) groups excluding carboxylic acids is 2. The summed E-state index contributed by atoms with van der Waals surface area (Å²) in [4.78, 5) is 25.4. The van der Waals surface area contributed by atoms with Gasteiger partial charge in [-0.15, -0.1) is 11.3 Å². The van der Waals surface area contributed by atoms with Crippen molar-refractivity contribution in [1.82, 2.24) is 0 Å². The van der Waals surface area contributed by atoms with Crippen LogP contribution in [-0.4, -0.2) is 31.2 Å². The molecular weight excluding hydrogens is 290 g/mol. The first-order valence-electron chi connectivity index (χ1n) is 6.94. The summed E-state index contributed by atoms with van der Waals surface area (Å²) < 4.78 is 10.4. The number of rotatable bonds is 6. The number of ether oxygens (including phenoxy) is 2. The standard InChI is InChI=1S/C15H23NO4S/c1-7-15(5,19-6)14(18)16-12-11(13(17)20-8-2)9(3)10(4)21-12/h7-8H2,1-6H3,(H,16,18). The molecule has 0 fully saturated rings. The second-order valence-electron chi connectivity index (χ2n) is 4.95. The lowest BCUT2D eigenvalue weighted by Crippen LogP contribution is -2.41. The van der Waals surface area contributed by atoms with Gasteiger partial charge in [-0.25, -0.2) is 4.79 Å². The maximum atomic E-state index is 12.4. The second-order valence-corrected chi connectivity index (χ2v) is 6.18. The van der Waals surface area contributed by atoms with Gasteiger partial charge < -0.3 is 14.8 Å². The summed E-state index contributed by atoms with van der Waals surface area (Å²) in [5.41, 5.74) is 0.351. The third kappa shape index (κ3) is 3.63. The summed E-state index contributed by atoms with van der Waals surface area (Å²) in [5, 5.41) is 3.33. The minimum absolute atomic E-state index is 0.265. The van der Waals surface area contributed by atoms with Crippen LogP contribution in [0.5, 0.6) is 0 Å². The van der Waals surface area contributed by atoms with Crippen LogP contribution in [0.2, 0.25) is 0 Å². The van der Waals surface area contributed by atoms with Gasteiger partial charge in [-0.05, 0) is 39.7 Å². The molecule has 5 nitrogen and oxygen atoms in total.